The zero-order valence-corrected chi connectivity index (χ0v) is 27.8. The number of hydrogen-bond donors (Lipinski definition) is 0. The first-order valence-corrected chi connectivity index (χ1v) is 16.8. The molecule has 2 saturated carbocycles. The minimum Gasteiger partial charge on any atom is -0.294 e. The Morgan fingerprint density at radius 2 is 0.609 bits per heavy atom. The van der Waals surface area contributed by atoms with Crippen LogP contribution in [0.4, 0.5) is 0 Å². The zero-order chi connectivity index (χ0) is 34.2. The molecule has 0 radical (unpaired) electrons. The Labute approximate surface area is 272 Å². The van der Waals surface area contributed by atoms with Crippen LogP contribution in [-0.4, -0.2) is 46.3 Å². The molecule has 0 amide bonds. The van der Waals surface area contributed by atoms with Gasteiger partial charge < -0.3 is 0 Å². The van der Waals surface area contributed by atoms with Crippen LogP contribution in [0.2, 0.25) is 0 Å². The normalized spacial score (nSPS) is 31.2. The molecule has 0 bridgehead atoms. The summed E-state index contributed by atoms with van der Waals surface area (Å²) >= 11 is 0. The second kappa shape index (κ2) is 15.3. The van der Waals surface area contributed by atoms with Crippen LogP contribution in [0, 0.1) is 21.7 Å². The van der Waals surface area contributed by atoms with E-state index in [0.717, 1.165) is 61.4 Å². The molecular weight excluding hydrogens is 584 g/mol. The van der Waals surface area contributed by atoms with E-state index in [4.69, 9.17) is 0 Å². The number of allylic oxidation sites excluding steroid dienone is 8. The molecule has 248 valence electrons. The molecule has 0 aliphatic heterocycles. The van der Waals surface area contributed by atoms with Crippen LogP contribution in [0.25, 0.3) is 0 Å². The minimum atomic E-state index is -1.57. The summed E-state index contributed by atoms with van der Waals surface area (Å²) in [6, 6.07) is 0. The van der Waals surface area contributed by atoms with Crippen molar-refractivity contribution < 1.29 is 38.4 Å². The minimum absolute atomic E-state index is 0.155. The van der Waals surface area contributed by atoms with E-state index in [1.807, 2.05) is 13.8 Å². The summed E-state index contributed by atoms with van der Waals surface area (Å²) in [5.41, 5.74) is -6.07. The van der Waals surface area contributed by atoms with Crippen LogP contribution in [-0.2, 0) is 38.4 Å². The topological polar surface area (TPSA) is 137 Å². The van der Waals surface area contributed by atoms with Gasteiger partial charge in [0, 0.05) is 0 Å². The third-order valence-electron chi connectivity index (χ3n) is 10.5. The molecule has 8 heteroatoms. The number of carbonyl (C=O) groups excluding carboxylic acids is 8. The van der Waals surface area contributed by atoms with Crippen molar-refractivity contribution in [1.29, 1.82) is 0 Å². The number of carbonyl (C=O) groups is 8. The Hall–Kier alpha value is -3.68. The van der Waals surface area contributed by atoms with Gasteiger partial charge in [0.25, 0.3) is 0 Å². The highest BCUT2D eigenvalue weighted by Crippen LogP contribution is 2.41. The van der Waals surface area contributed by atoms with Gasteiger partial charge in [-0.2, -0.15) is 0 Å². The van der Waals surface area contributed by atoms with Gasteiger partial charge >= 0.3 is 0 Å². The van der Waals surface area contributed by atoms with Crippen LogP contribution in [0.1, 0.15) is 118 Å². The van der Waals surface area contributed by atoms with Gasteiger partial charge in [0.15, 0.2) is 46.3 Å². The lowest BCUT2D eigenvalue weighted by Gasteiger charge is -2.33. The lowest BCUT2D eigenvalue weighted by Crippen LogP contribution is -2.41. The fourth-order valence-corrected chi connectivity index (χ4v) is 7.25. The molecule has 2 spiro atoms. The van der Waals surface area contributed by atoms with E-state index >= 15 is 0 Å². The second-order valence-corrected chi connectivity index (χ2v) is 13.7. The number of rotatable bonds is 4. The summed E-state index contributed by atoms with van der Waals surface area (Å²) in [5.74, 6) is -4.76. The van der Waals surface area contributed by atoms with Gasteiger partial charge in [0.2, 0.25) is 0 Å². The number of hydrogen-bond acceptors (Lipinski definition) is 8. The molecule has 0 atom stereocenters. The van der Waals surface area contributed by atoms with Crippen molar-refractivity contribution >= 4 is 46.3 Å². The summed E-state index contributed by atoms with van der Waals surface area (Å²) in [5, 5.41) is 0. The first-order valence-electron chi connectivity index (χ1n) is 16.8. The van der Waals surface area contributed by atoms with E-state index in [1.165, 1.54) is 13.8 Å². The smallest absolute Gasteiger partial charge is 0.169 e. The van der Waals surface area contributed by atoms with Crippen molar-refractivity contribution in [2.75, 3.05) is 0 Å². The Morgan fingerprint density at radius 1 is 0.391 bits per heavy atom. The van der Waals surface area contributed by atoms with Crippen LogP contribution in [0.3, 0.4) is 0 Å². The molecule has 2 fully saturated rings. The maximum Gasteiger partial charge on any atom is 0.169 e. The molecule has 0 aromatic carbocycles. The molecule has 0 saturated heterocycles. The summed E-state index contributed by atoms with van der Waals surface area (Å²) in [7, 11) is 0. The summed E-state index contributed by atoms with van der Waals surface area (Å²) in [4.78, 5) is 109. The third kappa shape index (κ3) is 7.31. The third-order valence-corrected chi connectivity index (χ3v) is 10.5. The summed E-state index contributed by atoms with van der Waals surface area (Å²) in [6.45, 7) is 6.56. The van der Waals surface area contributed by atoms with Gasteiger partial charge in [-0.25, -0.2) is 0 Å². The van der Waals surface area contributed by atoms with Crippen LogP contribution in [0.15, 0.2) is 48.6 Å². The first-order chi connectivity index (χ1) is 21.7. The van der Waals surface area contributed by atoms with Gasteiger partial charge in [-0.3, -0.25) is 38.4 Å². The van der Waals surface area contributed by atoms with Crippen molar-refractivity contribution in [2.24, 2.45) is 21.7 Å². The monoisotopic (exact) mass is 632 g/mol. The fraction of sp³-hybridized carbons (Fsp3) is 0.579. The Bertz CT molecular complexity index is 1200. The molecule has 3 aliphatic rings. The lowest BCUT2D eigenvalue weighted by molar-refractivity contribution is -0.139. The molecule has 0 heterocycles. The van der Waals surface area contributed by atoms with E-state index in [9.17, 15) is 38.4 Å². The molecule has 3 aliphatic carbocycles. The fourth-order valence-electron chi connectivity index (χ4n) is 7.25. The maximum absolute atomic E-state index is 13.7. The largest absolute Gasteiger partial charge is 0.294 e. The van der Waals surface area contributed by atoms with E-state index in [1.54, 1.807) is 0 Å². The van der Waals surface area contributed by atoms with Crippen LogP contribution < -0.4 is 0 Å². The predicted molar refractivity (Wildman–Crippen MR) is 174 cm³/mol. The first kappa shape index (κ1) is 36.8. The van der Waals surface area contributed by atoms with Gasteiger partial charge in [0.1, 0.15) is 0 Å². The highest BCUT2D eigenvalue weighted by atomic mass is 16.2. The molecule has 0 unspecified atom stereocenters. The summed E-state index contributed by atoms with van der Waals surface area (Å²) in [6.07, 6.45) is 14.8. The molecule has 3 rings (SSSR count). The van der Waals surface area contributed by atoms with Crippen LogP contribution >= 0.6 is 0 Å². The highest BCUT2D eigenvalue weighted by molar-refractivity contribution is 6.24. The van der Waals surface area contributed by atoms with Crippen molar-refractivity contribution in [3.05, 3.63) is 48.6 Å². The second-order valence-electron chi connectivity index (χ2n) is 13.7. The molecular formula is C38H48O8. The quantitative estimate of drug-likeness (QED) is 0.330. The van der Waals surface area contributed by atoms with Crippen molar-refractivity contribution in [3.8, 4) is 0 Å². The molecule has 0 aromatic heterocycles. The Balaban J connectivity index is 2.18. The summed E-state index contributed by atoms with van der Waals surface area (Å²) < 4.78 is 0. The molecule has 0 aromatic rings. The molecule has 46 heavy (non-hydrogen) atoms. The van der Waals surface area contributed by atoms with Crippen molar-refractivity contribution in [1.82, 2.24) is 0 Å². The average molecular weight is 633 g/mol. The predicted octanol–water partition coefficient (Wildman–Crippen LogP) is 6.29. The van der Waals surface area contributed by atoms with E-state index in [-0.39, 0.29) is 38.5 Å². The standard InChI is InChI=1S/C38H48O8/c1-5-21-35(3)27(39)13-17-31(43)37(23-9-7-10-24-37)33(45)19-15-29(41)36(4,22-6-2)30(42)16-20-34(46)38(25-11-8-12-26-38)32(44)18-14-28(35)40/h13-20H,5-12,21-26H2,1-4H3/b17-13-,18-14-,19-15-,20-16-. The van der Waals surface area contributed by atoms with Gasteiger partial charge in [-0.15, -0.1) is 0 Å². The Morgan fingerprint density at radius 3 is 0.826 bits per heavy atom. The van der Waals surface area contributed by atoms with E-state index in [0.29, 0.717) is 38.5 Å². The van der Waals surface area contributed by atoms with Crippen molar-refractivity contribution in [3.63, 3.8) is 0 Å². The van der Waals surface area contributed by atoms with E-state index < -0.39 is 67.9 Å². The van der Waals surface area contributed by atoms with Crippen molar-refractivity contribution in [2.45, 2.75) is 118 Å². The molecule has 8 nitrogen and oxygen atoms in total. The molecule has 0 N–H and O–H groups in total. The average Bonchev–Trinajstić information content (AvgIpc) is 3.06. The maximum atomic E-state index is 13.7. The highest BCUT2D eigenvalue weighted by Gasteiger charge is 2.46. The Kier molecular flexibility index (Phi) is 12.2. The SMILES string of the molecule is CCCC1(C)C(=O)/C=C\C(=O)C2(CCCCC2)C(=O)/C=C\C(=O)C(C)(CCC)C(=O)/C=C\C(=O)C2(CCCCC2)C(=O)/C=C\C1=O. The van der Waals surface area contributed by atoms with Gasteiger partial charge in [-0.1, -0.05) is 65.2 Å². The zero-order valence-electron chi connectivity index (χ0n) is 27.8. The van der Waals surface area contributed by atoms with Gasteiger partial charge in [-0.05, 0) is 101 Å². The van der Waals surface area contributed by atoms with Crippen LogP contribution in [0.5, 0.6) is 0 Å². The lowest BCUT2D eigenvalue weighted by atomic mass is 9.67. The van der Waals surface area contributed by atoms with E-state index in [2.05, 4.69) is 0 Å². The number of ketones is 8. The van der Waals surface area contributed by atoms with Gasteiger partial charge in [0.05, 0.1) is 21.7 Å².